The Morgan fingerprint density at radius 2 is 1.80 bits per heavy atom. The van der Waals surface area contributed by atoms with Crippen LogP contribution < -0.4 is 4.90 Å². The molecule has 1 atom stereocenters. The van der Waals surface area contributed by atoms with Gasteiger partial charge >= 0.3 is 5.97 Å². The van der Waals surface area contributed by atoms with Crippen LogP contribution in [0.5, 0.6) is 0 Å². The number of unbranched alkanes of at least 4 members (excludes halogenated alkanes) is 1. The summed E-state index contributed by atoms with van der Waals surface area (Å²) in [6.07, 6.45) is 1.99. The van der Waals surface area contributed by atoms with E-state index in [0.717, 1.165) is 30.6 Å². The fraction of sp³-hybridized carbons (Fsp3) is 0.300. The fourth-order valence-electron chi connectivity index (χ4n) is 2.77. The SMILES string of the molecule is CCCCN(c1ccccc1)c1cc(C(=O)P)c(C)cc1C(=O)OC. The first-order chi connectivity index (χ1) is 12.0. The van der Waals surface area contributed by atoms with Crippen LogP contribution >= 0.6 is 9.24 Å². The predicted octanol–water partition coefficient (Wildman–Crippen LogP) is 4.74. The molecule has 0 aliphatic carbocycles. The van der Waals surface area contributed by atoms with Crippen molar-refractivity contribution in [2.24, 2.45) is 0 Å². The van der Waals surface area contributed by atoms with Crippen molar-refractivity contribution in [3.63, 3.8) is 0 Å². The molecule has 0 spiro atoms. The van der Waals surface area contributed by atoms with E-state index in [1.165, 1.54) is 7.11 Å². The van der Waals surface area contributed by atoms with Gasteiger partial charge in [0.05, 0.1) is 18.4 Å². The maximum Gasteiger partial charge on any atom is 0.339 e. The summed E-state index contributed by atoms with van der Waals surface area (Å²) < 4.78 is 4.97. The first-order valence-electron chi connectivity index (χ1n) is 8.35. The van der Waals surface area contributed by atoms with Gasteiger partial charge in [0, 0.05) is 17.8 Å². The molecule has 0 amide bonds. The van der Waals surface area contributed by atoms with Crippen molar-refractivity contribution < 1.29 is 14.3 Å². The van der Waals surface area contributed by atoms with E-state index in [4.69, 9.17) is 4.74 Å². The van der Waals surface area contributed by atoms with E-state index in [9.17, 15) is 9.59 Å². The summed E-state index contributed by atoms with van der Waals surface area (Å²) in [5, 5.41) is 0. The molecule has 4 nitrogen and oxygen atoms in total. The fourth-order valence-corrected chi connectivity index (χ4v) is 3.08. The Morgan fingerprint density at radius 1 is 1.12 bits per heavy atom. The summed E-state index contributed by atoms with van der Waals surface area (Å²) in [7, 11) is 3.58. The van der Waals surface area contributed by atoms with Crippen LogP contribution in [-0.2, 0) is 4.74 Å². The third-order valence-electron chi connectivity index (χ3n) is 4.11. The predicted molar refractivity (Wildman–Crippen MR) is 105 cm³/mol. The van der Waals surface area contributed by atoms with Gasteiger partial charge in [-0.15, -0.1) is 0 Å². The second-order valence-electron chi connectivity index (χ2n) is 5.88. The Morgan fingerprint density at radius 3 is 2.36 bits per heavy atom. The molecule has 0 heterocycles. The van der Waals surface area contributed by atoms with Crippen LogP contribution in [0.3, 0.4) is 0 Å². The van der Waals surface area contributed by atoms with Crippen LogP contribution in [0.4, 0.5) is 11.4 Å². The van der Waals surface area contributed by atoms with Gasteiger partial charge < -0.3 is 9.64 Å². The van der Waals surface area contributed by atoms with E-state index in [1.807, 2.05) is 37.3 Å². The van der Waals surface area contributed by atoms with Gasteiger partial charge in [-0.3, -0.25) is 4.79 Å². The Bertz CT molecular complexity index is 759. The second kappa shape index (κ2) is 8.77. The number of ether oxygens (including phenoxy) is 1. The number of carbonyl (C=O) groups excluding carboxylic acids is 2. The zero-order chi connectivity index (χ0) is 18.4. The van der Waals surface area contributed by atoms with Crippen LogP contribution in [0, 0.1) is 6.92 Å². The van der Waals surface area contributed by atoms with Crippen molar-refractivity contribution in [1.82, 2.24) is 0 Å². The zero-order valence-corrected chi connectivity index (χ0v) is 16.1. The molecular weight excluding hydrogens is 333 g/mol. The number of anilines is 2. The normalized spacial score (nSPS) is 10.4. The lowest BCUT2D eigenvalue weighted by molar-refractivity contribution is 0.0601. The molecule has 0 N–H and O–H groups in total. The van der Waals surface area contributed by atoms with Gasteiger partial charge in [0.25, 0.3) is 0 Å². The van der Waals surface area contributed by atoms with Crippen molar-refractivity contribution in [3.05, 3.63) is 59.2 Å². The van der Waals surface area contributed by atoms with Crippen LogP contribution in [0.2, 0.25) is 0 Å². The molecule has 0 fully saturated rings. The highest BCUT2D eigenvalue weighted by Crippen LogP contribution is 2.32. The number of rotatable bonds is 7. The Kier molecular flexibility index (Phi) is 6.72. The van der Waals surface area contributed by atoms with Gasteiger partial charge in [0.2, 0.25) is 0 Å². The molecule has 1 unspecified atom stereocenters. The number of methoxy groups -OCH3 is 1. The maximum atomic E-state index is 12.3. The molecule has 0 radical (unpaired) electrons. The third-order valence-corrected chi connectivity index (χ3v) is 4.42. The Hall–Kier alpha value is -2.19. The van der Waals surface area contributed by atoms with E-state index in [2.05, 4.69) is 21.1 Å². The average molecular weight is 357 g/mol. The van der Waals surface area contributed by atoms with E-state index < -0.39 is 5.97 Å². The lowest BCUT2D eigenvalue weighted by Crippen LogP contribution is -2.22. The molecule has 0 aliphatic heterocycles. The topological polar surface area (TPSA) is 46.6 Å². The number of esters is 1. The Labute approximate surface area is 151 Å². The largest absolute Gasteiger partial charge is 0.465 e. The van der Waals surface area contributed by atoms with Crippen molar-refractivity contribution in [3.8, 4) is 0 Å². The number of hydrogen-bond donors (Lipinski definition) is 0. The number of nitrogens with zero attached hydrogens (tertiary/aromatic N) is 1. The third kappa shape index (κ3) is 4.46. The summed E-state index contributed by atoms with van der Waals surface area (Å²) in [6.45, 7) is 4.70. The summed E-state index contributed by atoms with van der Waals surface area (Å²) in [5.41, 5.74) is 3.39. The monoisotopic (exact) mass is 357 g/mol. The lowest BCUT2D eigenvalue weighted by atomic mass is 10.0. The molecule has 132 valence electrons. The van der Waals surface area contributed by atoms with Gasteiger partial charge in [0.15, 0.2) is 5.52 Å². The first-order valence-corrected chi connectivity index (χ1v) is 8.92. The summed E-state index contributed by atoms with van der Waals surface area (Å²) in [4.78, 5) is 26.4. The minimum atomic E-state index is -0.404. The zero-order valence-electron chi connectivity index (χ0n) is 14.9. The van der Waals surface area contributed by atoms with Crippen molar-refractivity contribution in [2.45, 2.75) is 26.7 Å². The maximum absolute atomic E-state index is 12.3. The number of carbonyl (C=O) groups is 2. The minimum absolute atomic E-state index is 0.0985. The van der Waals surface area contributed by atoms with Crippen molar-refractivity contribution in [1.29, 1.82) is 0 Å². The van der Waals surface area contributed by atoms with E-state index in [1.54, 1.807) is 12.1 Å². The highest BCUT2D eigenvalue weighted by atomic mass is 31.0. The van der Waals surface area contributed by atoms with Gasteiger partial charge in [-0.1, -0.05) is 40.8 Å². The molecular formula is C20H24NO3P. The number of hydrogen-bond acceptors (Lipinski definition) is 4. The van der Waals surface area contributed by atoms with Gasteiger partial charge in [0.1, 0.15) is 0 Å². The quantitative estimate of drug-likeness (QED) is 0.531. The molecule has 0 saturated heterocycles. The minimum Gasteiger partial charge on any atom is -0.465 e. The van der Waals surface area contributed by atoms with E-state index >= 15 is 0 Å². The lowest BCUT2D eigenvalue weighted by Gasteiger charge is -2.27. The van der Waals surface area contributed by atoms with Crippen molar-refractivity contribution in [2.75, 3.05) is 18.6 Å². The number of para-hydroxylation sites is 1. The highest BCUT2D eigenvalue weighted by Gasteiger charge is 2.21. The molecule has 0 bridgehead atoms. The van der Waals surface area contributed by atoms with Gasteiger partial charge in [-0.2, -0.15) is 0 Å². The smallest absolute Gasteiger partial charge is 0.339 e. The molecule has 2 aromatic carbocycles. The van der Waals surface area contributed by atoms with Crippen LogP contribution in [0.15, 0.2) is 42.5 Å². The number of aryl methyl sites for hydroxylation is 1. The van der Waals surface area contributed by atoms with Gasteiger partial charge in [-0.25, -0.2) is 4.79 Å². The van der Waals surface area contributed by atoms with Crippen molar-refractivity contribution >= 4 is 32.1 Å². The summed E-state index contributed by atoms with van der Waals surface area (Å²) in [6, 6.07) is 13.4. The summed E-state index contributed by atoms with van der Waals surface area (Å²) >= 11 is 0. The Balaban J connectivity index is 2.66. The highest BCUT2D eigenvalue weighted by molar-refractivity contribution is 7.41. The first kappa shape index (κ1) is 19.1. The van der Waals surface area contributed by atoms with Crippen LogP contribution in [0.1, 0.15) is 46.0 Å². The molecule has 25 heavy (non-hydrogen) atoms. The number of benzene rings is 2. The summed E-state index contributed by atoms with van der Waals surface area (Å²) in [5.74, 6) is -0.404. The van der Waals surface area contributed by atoms with Gasteiger partial charge in [-0.05, 0) is 43.2 Å². The van der Waals surface area contributed by atoms with Crippen LogP contribution in [-0.4, -0.2) is 25.1 Å². The second-order valence-corrected chi connectivity index (χ2v) is 6.41. The standard InChI is InChI=1S/C20H24NO3P/c1-4-5-11-21(15-9-7-6-8-10-15)18-13-16(20(23)25)14(2)12-17(18)19(22)24-3/h6-10,12-13H,4-5,11,25H2,1-3H3. The molecule has 2 rings (SSSR count). The molecule has 0 aliphatic rings. The van der Waals surface area contributed by atoms with E-state index in [0.29, 0.717) is 16.8 Å². The van der Waals surface area contributed by atoms with Crippen LogP contribution in [0.25, 0.3) is 0 Å². The average Bonchev–Trinajstić information content (AvgIpc) is 2.62. The van der Waals surface area contributed by atoms with E-state index in [-0.39, 0.29) is 5.52 Å². The molecule has 2 aromatic rings. The molecule has 0 saturated carbocycles. The molecule has 0 aromatic heterocycles. The molecule has 5 heteroatoms.